The Labute approximate surface area is 98.8 Å². The van der Waals surface area contributed by atoms with Crippen LogP contribution in [-0.2, 0) is 18.4 Å². The van der Waals surface area contributed by atoms with Crippen molar-refractivity contribution < 1.29 is 18.4 Å². The molecule has 0 spiro atoms. The Morgan fingerprint density at radius 1 is 1.31 bits per heavy atom. The number of hydrogen-bond donors (Lipinski definition) is 0. The molecule has 0 rings (SSSR count). The number of hydrogen-bond acceptors (Lipinski definition) is 4. The summed E-state index contributed by atoms with van der Waals surface area (Å²) >= 11 is 0. The highest BCUT2D eigenvalue weighted by atomic mass is 28.4. The number of carbonyl (C=O) groups excluding carboxylic acids is 1. The third-order valence-electron chi connectivity index (χ3n) is 2.49. The van der Waals surface area contributed by atoms with Crippen LogP contribution in [0, 0.1) is 0 Å². The van der Waals surface area contributed by atoms with Gasteiger partial charge in [-0.3, -0.25) is 4.79 Å². The van der Waals surface area contributed by atoms with Crippen LogP contribution in [-0.4, -0.2) is 41.8 Å². The topological polar surface area (TPSA) is 44.8 Å². The van der Waals surface area contributed by atoms with E-state index in [0.717, 1.165) is 12.5 Å². The lowest BCUT2D eigenvalue weighted by Gasteiger charge is -2.22. The number of carbonyl (C=O) groups is 1. The summed E-state index contributed by atoms with van der Waals surface area (Å²) in [4.78, 5) is 11.1. The molecule has 94 valence electrons. The van der Waals surface area contributed by atoms with E-state index in [9.17, 15) is 4.79 Å². The highest BCUT2D eigenvalue weighted by Gasteiger charge is 2.27. The highest BCUT2D eigenvalue weighted by molar-refractivity contribution is 6.65. The lowest BCUT2D eigenvalue weighted by atomic mass is 10.2. The quantitative estimate of drug-likeness (QED) is 0.354. The molecule has 0 aromatic heterocycles. The molecule has 0 bridgehead atoms. The molecule has 0 aromatic rings. The fourth-order valence-electron chi connectivity index (χ4n) is 1.07. The molecular formula is C11H22O4Si. The second kappa shape index (κ2) is 7.73. The number of Topliss-reactive ketones (excluding diaryl/α,β-unsaturated/α-hetero) is 1. The summed E-state index contributed by atoms with van der Waals surface area (Å²) in [7, 11) is 1.36. The molecule has 0 fully saturated rings. The van der Waals surface area contributed by atoms with Crippen LogP contribution in [0.5, 0.6) is 0 Å². The zero-order valence-electron chi connectivity index (χ0n) is 10.7. The fraction of sp³-hybridized carbons (Fsp3) is 0.727. The van der Waals surface area contributed by atoms with Crippen molar-refractivity contribution in [2.24, 2.45) is 0 Å². The fourth-order valence-corrected chi connectivity index (χ4v) is 2.43. The molecule has 5 heteroatoms. The highest BCUT2D eigenvalue weighted by Crippen LogP contribution is 2.13. The van der Waals surface area contributed by atoms with Crippen LogP contribution < -0.4 is 0 Å². The Hall–Kier alpha value is -0.493. The Bertz CT molecular complexity index is 236. The molecule has 0 aliphatic carbocycles. The van der Waals surface area contributed by atoms with Gasteiger partial charge in [0, 0.05) is 20.8 Å². The largest absolute Gasteiger partial charge is 0.398 e. The summed E-state index contributed by atoms with van der Waals surface area (Å²) in [6.45, 7) is 7.92. The third-order valence-corrected chi connectivity index (χ3v) is 5.48. The monoisotopic (exact) mass is 246 g/mol. The van der Waals surface area contributed by atoms with Crippen molar-refractivity contribution in [1.29, 1.82) is 0 Å². The zero-order valence-corrected chi connectivity index (χ0v) is 11.7. The van der Waals surface area contributed by atoms with Gasteiger partial charge in [-0.25, -0.2) is 0 Å². The van der Waals surface area contributed by atoms with Crippen LogP contribution in [0.25, 0.3) is 0 Å². The lowest BCUT2D eigenvalue weighted by molar-refractivity contribution is -0.119. The second-order valence-electron chi connectivity index (χ2n) is 3.90. The van der Waals surface area contributed by atoms with Crippen LogP contribution in [0.1, 0.15) is 13.3 Å². The normalized spacial score (nSPS) is 11.5. The first-order chi connectivity index (χ1) is 7.45. The summed E-state index contributed by atoms with van der Waals surface area (Å²) in [5.74, 6) is -0.0431. The minimum atomic E-state index is -1.98. The van der Waals surface area contributed by atoms with Gasteiger partial charge in [-0.1, -0.05) is 6.58 Å². The van der Waals surface area contributed by atoms with Crippen molar-refractivity contribution in [3.05, 3.63) is 12.2 Å². The van der Waals surface area contributed by atoms with Gasteiger partial charge in [0.15, 0.2) is 5.78 Å². The summed E-state index contributed by atoms with van der Waals surface area (Å²) < 4.78 is 15.9. The van der Waals surface area contributed by atoms with Crippen molar-refractivity contribution in [2.45, 2.75) is 25.9 Å². The van der Waals surface area contributed by atoms with Crippen molar-refractivity contribution in [2.75, 3.05) is 27.4 Å². The number of rotatable bonds is 9. The molecule has 0 aliphatic rings. The molecule has 0 radical (unpaired) electrons. The molecule has 0 unspecified atom stereocenters. The standard InChI is InChI=1S/C11H22O4Si/c1-10(2)11(12)9-15-7-6-8-16(5,13-3)14-4/h1,6-9H2,2-5H3. The van der Waals surface area contributed by atoms with Crippen LogP contribution in [0.3, 0.4) is 0 Å². The first-order valence-corrected chi connectivity index (χ1v) is 7.84. The average Bonchev–Trinajstić information content (AvgIpc) is 2.27. The first-order valence-electron chi connectivity index (χ1n) is 5.32. The van der Waals surface area contributed by atoms with Crippen molar-refractivity contribution in [3.63, 3.8) is 0 Å². The summed E-state index contributed by atoms with van der Waals surface area (Å²) in [5.41, 5.74) is 0.535. The smallest absolute Gasteiger partial charge is 0.334 e. The predicted octanol–water partition coefficient (Wildman–Crippen LogP) is 1.90. The van der Waals surface area contributed by atoms with Gasteiger partial charge in [0.05, 0.1) is 0 Å². The molecule has 0 aliphatic heterocycles. The molecular weight excluding hydrogens is 224 g/mol. The van der Waals surface area contributed by atoms with Gasteiger partial charge in [-0.15, -0.1) is 0 Å². The molecule has 4 nitrogen and oxygen atoms in total. The predicted molar refractivity (Wildman–Crippen MR) is 65.7 cm³/mol. The van der Waals surface area contributed by atoms with E-state index in [1.807, 2.05) is 6.55 Å². The van der Waals surface area contributed by atoms with E-state index in [4.69, 9.17) is 13.6 Å². The maximum atomic E-state index is 11.1. The van der Waals surface area contributed by atoms with Gasteiger partial charge in [0.1, 0.15) is 6.61 Å². The molecule has 0 N–H and O–H groups in total. The number of ketones is 1. The van der Waals surface area contributed by atoms with E-state index in [-0.39, 0.29) is 12.4 Å². The zero-order chi connectivity index (χ0) is 12.6. The maximum absolute atomic E-state index is 11.1. The van der Waals surface area contributed by atoms with E-state index >= 15 is 0 Å². The van der Waals surface area contributed by atoms with E-state index in [0.29, 0.717) is 12.2 Å². The average molecular weight is 246 g/mol. The summed E-state index contributed by atoms with van der Waals surface area (Å²) in [6.07, 6.45) is 0.841. The van der Waals surface area contributed by atoms with Crippen molar-refractivity contribution >= 4 is 14.3 Å². The Morgan fingerprint density at radius 2 is 1.88 bits per heavy atom. The Balaban J connectivity index is 3.61. The van der Waals surface area contributed by atoms with Crippen molar-refractivity contribution in [1.82, 2.24) is 0 Å². The molecule has 0 amide bonds. The van der Waals surface area contributed by atoms with Crippen LogP contribution in [0.4, 0.5) is 0 Å². The number of ether oxygens (including phenoxy) is 1. The molecule has 0 saturated carbocycles. The Morgan fingerprint density at radius 3 is 2.31 bits per heavy atom. The summed E-state index contributed by atoms with van der Waals surface area (Å²) in [5, 5.41) is 0. The van der Waals surface area contributed by atoms with Gasteiger partial charge in [0.2, 0.25) is 0 Å². The molecule has 0 atom stereocenters. The van der Waals surface area contributed by atoms with Crippen molar-refractivity contribution in [3.8, 4) is 0 Å². The molecule has 0 aromatic carbocycles. The van der Waals surface area contributed by atoms with E-state index in [2.05, 4.69) is 6.58 Å². The van der Waals surface area contributed by atoms with Crippen LogP contribution in [0.15, 0.2) is 12.2 Å². The second-order valence-corrected chi connectivity index (χ2v) is 7.49. The SMILES string of the molecule is C=C(C)C(=O)COCCC[Si](C)(OC)OC. The van der Waals surface area contributed by atoms with Gasteiger partial charge in [-0.2, -0.15) is 0 Å². The van der Waals surface area contributed by atoms with E-state index in [1.54, 1.807) is 21.1 Å². The lowest BCUT2D eigenvalue weighted by Crippen LogP contribution is -2.36. The van der Waals surface area contributed by atoms with E-state index in [1.165, 1.54) is 0 Å². The maximum Gasteiger partial charge on any atom is 0.334 e. The minimum Gasteiger partial charge on any atom is -0.398 e. The van der Waals surface area contributed by atoms with Gasteiger partial charge >= 0.3 is 8.56 Å². The minimum absolute atomic E-state index is 0.0431. The third kappa shape index (κ3) is 6.17. The molecule has 0 saturated heterocycles. The van der Waals surface area contributed by atoms with Gasteiger partial charge in [0.25, 0.3) is 0 Å². The van der Waals surface area contributed by atoms with Crippen LogP contribution in [0.2, 0.25) is 12.6 Å². The molecule has 0 heterocycles. The van der Waals surface area contributed by atoms with Gasteiger partial charge in [-0.05, 0) is 31.5 Å². The Kier molecular flexibility index (Phi) is 7.49. The van der Waals surface area contributed by atoms with E-state index < -0.39 is 8.56 Å². The summed E-state index contributed by atoms with van der Waals surface area (Å²) in [6, 6.07) is 0.862. The molecule has 16 heavy (non-hydrogen) atoms. The van der Waals surface area contributed by atoms with Crippen LogP contribution >= 0.6 is 0 Å². The first kappa shape index (κ1) is 15.5. The van der Waals surface area contributed by atoms with Gasteiger partial charge < -0.3 is 13.6 Å².